The van der Waals surface area contributed by atoms with Crippen LogP contribution in [0.1, 0.15) is 72.5 Å². The summed E-state index contributed by atoms with van der Waals surface area (Å²) in [7, 11) is 0. The SMILES string of the molecule is CC(C)(C)C(OC(=O)C1CC2CC[C@]1(C)C2(C)C)c1ccccc1[N+](=O)[O-]. The van der Waals surface area contributed by atoms with Gasteiger partial charge in [-0.3, -0.25) is 14.9 Å². The van der Waals surface area contributed by atoms with E-state index in [0.29, 0.717) is 11.5 Å². The zero-order valence-electron chi connectivity index (χ0n) is 17.2. The highest BCUT2D eigenvalue weighted by Crippen LogP contribution is 2.68. The van der Waals surface area contributed by atoms with Gasteiger partial charge in [0, 0.05) is 11.5 Å². The molecule has 0 aromatic heterocycles. The Morgan fingerprint density at radius 3 is 2.37 bits per heavy atom. The van der Waals surface area contributed by atoms with Crippen LogP contribution in [0.5, 0.6) is 0 Å². The molecule has 2 fully saturated rings. The number of fused-ring (bicyclic) bond motifs is 2. The van der Waals surface area contributed by atoms with E-state index in [2.05, 4.69) is 20.8 Å². The van der Waals surface area contributed by atoms with E-state index in [1.165, 1.54) is 12.5 Å². The van der Waals surface area contributed by atoms with Gasteiger partial charge in [-0.05, 0) is 42.1 Å². The van der Waals surface area contributed by atoms with Crippen molar-refractivity contribution in [2.45, 2.75) is 66.9 Å². The number of carbonyl (C=O) groups excluding carboxylic acids is 1. The lowest BCUT2D eigenvalue weighted by molar-refractivity contribution is -0.386. The van der Waals surface area contributed by atoms with Gasteiger partial charge in [0.25, 0.3) is 5.69 Å². The van der Waals surface area contributed by atoms with Crippen LogP contribution in [-0.4, -0.2) is 10.9 Å². The van der Waals surface area contributed by atoms with Crippen LogP contribution in [0, 0.1) is 38.2 Å². The highest BCUT2D eigenvalue weighted by molar-refractivity contribution is 5.75. The number of ether oxygens (including phenoxy) is 1. The third-order valence-corrected chi connectivity index (χ3v) is 7.52. The number of rotatable bonds is 4. The van der Waals surface area contributed by atoms with Gasteiger partial charge in [0.05, 0.1) is 16.4 Å². The van der Waals surface area contributed by atoms with Crippen LogP contribution in [-0.2, 0) is 9.53 Å². The second kappa shape index (κ2) is 6.32. The quantitative estimate of drug-likeness (QED) is 0.386. The molecule has 2 aliphatic carbocycles. The Balaban J connectivity index is 1.92. The van der Waals surface area contributed by atoms with Gasteiger partial charge in [0.1, 0.15) is 6.10 Å². The number of hydrogen-bond donors (Lipinski definition) is 0. The molecule has 0 saturated heterocycles. The molecule has 148 valence electrons. The fourth-order valence-corrected chi connectivity index (χ4v) is 5.34. The topological polar surface area (TPSA) is 69.4 Å². The molecule has 2 saturated carbocycles. The Morgan fingerprint density at radius 2 is 1.89 bits per heavy atom. The summed E-state index contributed by atoms with van der Waals surface area (Å²) < 4.78 is 6.04. The van der Waals surface area contributed by atoms with Crippen LogP contribution in [0.15, 0.2) is 24.3 Å². The molecular formula is C22H31NO4. The summed E-state index contributed by atoms with van der Waals surface area (Å²) in [4.78, 5) is 24.3. The van der Waals surface area contributed by atoms with Crippen LogP contribution in [0.2, 0.25) is 0 Å². The fourth-order valence-electron chi connectivity index (χ4n) is 5.34. The molecule has 1 aromatic carbocycles. The lowest BCUT2D eigenvalue weighted by atomic mass is 9.66. The Morgan fingerprint density at radius 1 is 1.26 bits per heavy atom. The van der Waals surface area contributed by atoms with Gasteiger partial charge in [-0.25, -0.2) is 0 Å². The summed E-state index contributed by atoms with van der Waals surface area (Å²) >= 11 is 0. The molecule has 0 N–H and O–H groups in total. The first kappa shape index (κ1) is 19.8. The molecule has 27 heavy (non-hydrogen) atoms. The number of nitro benzene ring substituents is 1. The summed E-state index contributed by atoms with van der Waals surface area (Å²) in [6.45, 7) is 12.6. The van der Waals surface area contributed by atoms with Crippen molar-refractivity contribution in [3.63, 3.8) is 0 Å². The van der Waals surface area contributed by atoms with Crippen molar-refractivity contribution in [1.82, 2.24) is 0 Å². The smallest absolute Gasteiger partial charge is 0.310 e. The molecular weight excluding hydrogens is 342 g/mol. The first-order valence-electron chi connectivity index (χ1n) is 9.83. The zero-order chi connectivity index (χ0) is 20.2. The molecule has 0 aliphatic heterocycles. The molecule has 4 atom stereocenters. The molecule has 0 heterocycles. The molecule has 3 unspecified atom stereocenters. The maximum absolute atomic E-state index is 13.2. The summed E-state index contributed by atoms with van der Waals surface area (Å²) in [6, 6.07) is 6.58. The van der Waals surface area contributed by atoms with Crippen LogP contribution in [0.3, 0.4) is 0 Å². The second-order valence-electron chi connectivity index (χ2n) is 10.2. The number of nitro groups is 1. The maximum Gasteiger partial charge on any atom is 0.310 e. The Bertz CT molecular complexity index is 764. The van der Waals surface area contributed by atoms with Gasteiger partial charge in [-0.1, -0.05) is 53.7 Å². The van der Waals surface area contributed by atoms with Crippen molar-refractivity contribution in [3.8, 4) is 0 Å². The Hall–Kier alpha value is -1.91. The largest absolute Gasteiger partial charge is 0.456 e. The van der Waals surface area contributed by atoms with E-state index in [-0.39, 0.29) is 28.4 Å². The van der Waals surface area contributed by atoms with E-state index < -0.39 is 16.4 Å². The Labute approximate surface area is 161 Å². The zero-order valence-corrected chi connectivity index (χ0v) is 17.2. The first-order valence-corrected chi connectivity index (χ1v) is 9.83. The van der Waals surface area contributed by atoms with Gasteiger partial charge >= 0.3 is 5.97 Å². The fraction of sp³-hybridized carbons (Fsp3) is 0.682. The van der Waals surface area contributed by atoms with E-state index in [1.807, 2.05) is 20.8 Å². The Kier molecular flexibility index (Phi) is 4.64. The number of hydrogen-bond acceptors (Lipinski definition) is 4. The third kappa shape index (κ3) is 3.05. The van der Waals surface area contributed by atoms with E-state index in [0.717, 1.165) is 12.8 Å². The minimum atomic E-state index is -0.655. The molecule has 3 rings (SSSR count). The van der Waals surface area contributed by atoms with Crippen molar-refractivity contribution >= 4 is 11.7 Å². The predicted octanol–water partition coefficient (Wildman–Crippen LogP) is 5.69. The van der Waals surface area contributed by atoms with Crippen molar-refractivity contribution in [3.05, 3.63) is 39.9 Å². The number of benzene rings is 1. The number of nitrogens with zero attached hydrogens (tertiary/aromatic N) is 1. The minimum Gasteiger partial charge on any atom is -0.456 e. The summed E-state index contributed by atoms with van der Waals surface area (Å²) in [5, 5.41) is 11.5. The number of esters is 1. The van der Waals surface area contributed by atoms with Crippen LogP contribution in [0.4, 0.5) is 5.69 Å². The van der Waals surface area contributed by atoms with Crippen LogP contribution < -0.4 is 0 Å². The molecule has 5 heteroatoms. The molecule has 1 aromatic rings. The van der Waals surface area contributed by atoms with Gasteiger partial charge in [-0.15, -0.1) is 0 Å². The van der Waals surface area contributed by atoms with Crippen molar-refractivity contribution in [1.29, 1.82) is 0 Å². The second-order valence-corrected chi connectivity index (χ2v) is 10.2. The standard InChI is InChI=1S/C22H31NO4/c1-20(2,3)18(15-9-7-8-10-17(15)23(25)26)27-19(24)16-13-14-11-12-22(16,6)21(14,4)5/h7-10,14,16,18H,11-13H2,1-6H3/t14?,16?,18?,22-/m0/s1. The van der Waals surface area contributed by atoms with Gasteiger partial charge in [0.15, 0.2) is 0 Å². The van der Waals surface area contributed by atoms with E-state index in [4.69, 9.17) is 4.74 Å². The van der Waals surface area contributed by atoms with Gasteiger partial charge in [0.2, 0.25) is 0 Å². The molecule has 0 radical (unpaired) electrons. The average molecular weight is 373 g/mol. The molecule has 5 nitrogen and oxygen atoms in total. The molecule has 0 amide bonds. The van der Waals surface area contributed by atoms with E-state index in [1.54, 1.807) is 18.2 Å². The highest BCUT2D eigenvalue weighted by Gasteiger charge is 2.64. The van der Waals surface area contributed by atoms with E-state index >= 15 is 0 Å². The molecule has 0 spiro atoms. The number of carbonyl (C=O) groups is 1. The van der Waals surface area contributed by atoms with Gasteiger partial charge < -0.3 is 4.74 Å². The lowest BCUT2D eigenvalue weighted by Gasteiger charge is -2.39. The predicted molar refractivity (Wildman–Crippen MR) is 104 cm³/mol. The van der Waals surface area contributed by atoms with Crippen molar-refractivity contribution < 1.29 is 14.5 Å². The summed E-state index contributed by atoms with van der Waals surface area (Å²) in [5.74, 6) is 0.198. The van der Waals surface area contributed by atoms with Crippen molar-refractivity contribution in [2.75, 3.05) is 0 Å². The molecule has 2 aliphatic rings. The summed E-state index contributed by atoms with van der Waals surface area (Å²) in [5.41, 5.74) is 0.0723. The van der Waals surface area contributed by atoms with Gasteiger partial charge in [-0.2, -0.15) is 0 Å². The van der Waals surface area contributed by atoms with Crippen molar-refractivity contribution in [2.24, 2.45) is 28.1 Å². The van der Waals surface area contributed by atoms with Crippen LogP contribution >= 0.6 is 0 Å². The average Bonchev–Trinajstić information content (AvgIpc) is 2.91. The minimum absolute atomic E-state index is 0.00436. The third-order valence-electron chi connectivity index (χ3n) is 7.52. The number of para-hydroxylation sites is 1. The molecule has 2 bridgehead atoms. The highest BCUT2D eigenvalue weighted by atomic mass is 16.6. The lowest BCUT2D eigenvalue weighted by Crippen LogP contribution is -2.38. The summed E-state index contributed by atoms with van der Waals surface area (Å²) in [6.07, 6.45) is 2.41. The maximum atomic E-state index is 13.2. The monoisotopic (exact) mass is 373 g/mol. The first-order chi connectivity index (χ1) is 12.4. The normalized spacial score (nSPS) is 30.1. The van der Waals surface area contributed by atoms with E-state index in [9.17, 15) is 14.9 Å². The van der Waals surface area contributed by atoms with Crippen LogP contribution in [0.25, 0.3) is 0 Å².